The lowest BCUT2D eigenvalue weighted by Crippen LogP contribution is -2.12. The van der Waals surface area contributed by atoms with Crippen molar-refractivity contribution in [1.82, 2.24) is 4.57 Å². The number of amidine groups is 1. The fourth-order valence-electron chi connectivity index (χ4n) is 6.63. The maximum absolute atomic E-state index is 5.26. The SMILES string of the molecule is CC(=NC(=NC(C)c1ccccc1)c1ccccc1)n1c2ccccc2c2c3cc(-c4ccc5ccccc5c4)ccc3ccc21. The smallest absolute Gasteiger partial charge is 0.157 e. The highest BCUT2D eigenvalue weighted by Crippen LogP contribution is 2.37. The first-order valence-electron chi connectivity index (χ1n) is 15.8. The minimum Gasteiger partial charge on any atom is -0.297 e. The Bertz CT molecular complexity index is 2430. The second kappa shape index (κ2) is 11.6. The van der Waals surface area contributed by atoms with E-state index in [0.717, 1.165) is 33.8 Å². The Morgan fingerprint density at radius 2 is 1.17 bits per heavy atom. The maximum Gasteiger partial charge on any atom is 0.157 e. The quantitative estimate of drug-likeness (QED) is 0.144. The van der Waals surface area contributed by atoms with E-state index < -0.39 is 0 Å². The number of para-hydroxylation sites is 1. The summed E-state index contributed by atoms with van der Waals surface area (Å²) in [6.45, 7) is 4.22. The van der Waals surface area contributed by atoms with Gasteiger partial charge < -0.3 is 0 Å². The minimum absolute atomic E-state index is 0.0384. The van der Waals surface area contributed by atoms with E-state index in [1.54, 1.807) is 0 Å². The summed E-state index contributed by atoms with van der Waals surface area (Å²) in [6.07, 6.45) is 0. The van der Waals surface area contributed by atoms with Crippen LogP contribution in [0, 0.1) is 0 Å². The molecule has 7 aromatic carbocycles. The Labute approximate surface area is 268 Å². The highest BCUT2D eigenvalue weighted by molar-refractivity contribution is 6.24. The number of rotatable bonds is 4. The lowest BCUT2D eigenvalue weighted by atomic mass is 9.96. The monoisotopic (exact) mass is 591 g/mol. The predicted octanol–water partition coefficient (Wildman–Crippen LogP) is 11.2. The molecule has 0 saturated heterocycles. The standard InChI is InChI=1S/C43H33N3/c1-29(31-13-5-3-6-14-31)44-43(34-16-7-4-8-17-34)45-30(2)46-40-20-12-11-19-38(40)42-39-28-37(24-22-33(39)25-26-41(42)46)36-23-21-32-15-9-10-18-35(32)27-36/h3-29H,1-2H3. The van der Waals surface area contributed by atoms with Gasteiger partial charge in [-0.3, -0.25) is 9.56 Å². The van der Waals surface area contributed by atoms with Gasteiger partial charge in [-0.1, -0.05) is 133 Å². The van der Waals surface area contributed by atoms with E-state index in [0.29, 0.717) is 0 Å². The van der Waals surface area contributed by atoms with E-state index in [1.165, 1.54) is 43.4 Å². The number of hydrogen-bond donors (Lipinski definition) is 0. The number of aliphatic imine (C=N–C) groups is 2. The topological polar surface area (TPSA) is 29.6 Å². The van der Waals surface area contributed by atoms with E-state index in [2.05, 4.69) is 152 Å². The lowest BCUT2D eigenvalue weighted by molar-refractivity contribution is 0.818. The van der Waals surface area contributed by atoms with Gasteiger partial charge in [-0.15, -0.1) is 0 Å². The zero-order valence-electron chi connectivity index (χ0n) is 25.9. The van der Waals surface area contributed by atoms with Crippen LogP contribution in [0.25, 0.3) is 54.5 Å². The zero-order chi connectivity index (χ0) is 31.0. The second-order valence-electron chi connectivity index (χ2n) is 11.9. The number of benzene rings is 7. The molecule has 3 nitrogen and oxygen atoms in total. The van der Waals surface area contributed by atoms with Crippen LogP contribution < -0.4 is 0 Å². The molecule has 1 aromatic heterocycles. The minimum atomic E-state index is -0.0384. The molecule has 220 valence electrons. The molecule has 0 bridgehead atoms. The van der Waals surface area contributed by atoms with E-state index >= 15 is 0 Å². The lowest BCUT2D eigenvalue weighted by Gasteiger charge is -2.12. The molecular weight excluding hydrogens is 558 g/mol. The molecule has 0 aliphatic rings. The van der Waals surface area contributed by atoms with Gasteiger partial charge in [-0.25, -0.2) is 4.99 Å². The highest BCUT2D eigenvalue weighted by atomic mass is 15.1. The van der Waals surface area contributed by atoms with Crippen LogP contribution >= 0.6 is 0 Å². The molecule has 0 radical (unpaired) electrons. The molecular formula is C43H33N3. The molecule has 8 rings (SSSR count). The Morgan fingerprint density at radius 1 is 0.543 bits per heavy atom. The van der Waals surface area contributed by atoms with Gasteiger partial charge in [0.25, 0.3) is 0 Å². The molecule has 0 aliphatic heterocycles. The highest BCUT2D eigenvalue weighted by Gasteiger charge is 2.17. The van der Waals surface area contributed by atoms with Crippen LogP contribution in [0.15, 0.2) is 168 Å². The van der Waals surface area contributed by atoms with E-state index in [-0.39, 0.29) is 6.04 Å². The van der Waals surface area contributed by atoms with Gasteiger partial charge in [-0.2, -0.15) is 0 Å². The summed E-state index contributed by atoms with van der Waals surface area (Å²) in [5.41, 5.74) is 6.85. The molecule has 1 heterocycles. The fourth-order valence-corrected chi connectivity index (χ4v) is 6.63. The third kappa shape index (κ3) is 4.96. The summed E-state index contributed by atoms with van der Waals surface area (Å²) in [5, 5.41) is 7.41. The van der Waals surface area contributed by atoms with Crippen LogP contribution in [-0.4, -0.2) is 16.2 Å². The van der Waals surface area contributed by atoms with Crippen LogP contribution in [-0.2, 0) is 0 Å². The molecule has 0 saturated carbocycles. The summed E-state index contributed by atoms with van der Waals surface area (Å²) < 4.78 is 2.29. The van der Waals surface area contributed by atoms with Crippen LogP contribution in [0.2, 0.25) is 0 Å². The van der Waals surface area contributed by atoms with Crippen molar-refractivity contribution < 1.29 is 0 Å². The summed E-state index contributed by atoms with van der Waals surface area (Å²) in [7, 11) is 0. The van der Waals surface area contributed by atoms with Crippen molar-refractivity contribution in [3.63, 3.8) is 0 Å². The molecule has 0 N–H and O–H groups in total. The summed E-state index contributed by atoms with van der Waals surface area (Å²) >= 11 is 0. The van der Waals surface area contributed by atoms with Crippen LogP contribution in [0.1, 0.15) is 31.0 Å². The molecule has 0 fully saturated rings. The van der Waals surface area contributed by atoms with Crippen LogP contribution in [0.4, 0.5) is 0 Å². The average molecular weight is 592 g/mol. The van der Waals surface area contributed by atoms with Gasteiger partial charge >= 0.3 is 0 Å². The molecule has 1 unspecified atom stereocenters. The van der Waals surface area contributed by atoms with Crippen molar-refractivity contribution in [3.8, 4) is 11.1 Å². The Morgan fingerprint density at radius 3 is 1.98 bits per heavy atom. The van der Waals surface area contributed by atoms with Gasteiger partial charge in [0.05, 0.1) is 17.1 Å². The van der Waals surface area contributed by atoms with Crippen molar-refractivity contribution in [3.05, 3.63) is 169 Å². The first-order valence-corrected chi connectivity index (χ1v) is 15.8. The van der Waals surface area contributed by atoms with Gasteiger partial charge in [0, 0.05) is 16.3 Å². The van der Waals surface area contributed by atoms with Crippen LogP contribution in [0.3, 0.4) is 0 Å². The normalized spacial score (nSPS) is 13.2. The van der Waals surface area contributed by atoms with E-state index in [1.807, 2.05) is 24.3 Å². The van der Waals surface area contributed by atoms with Crippen molar-refractivity contribution >= 4 is 55.0 Å². The van der Waals surface area contributed by atoms with Crippen molar-refractivity contribution in [2.24, 2.45) is 9.98 Å². The summed E-state index contributed by atoms with van der Waals surface area (Å²) in [5.74, 6) is 1.60. The molecule has 1 atom stereocenters. The Balaban J connectivity index is 1.32. The van der Waals surface area contributed by atoms with Gasteiger partial charge in [0.15, 0.2) is 5.84 Å². The Hall–Kier alpha value is -5.80. The number of nitrogens with zero attached hydrogens (tertiary/aromatic N) is 3. The van der Waals surface area contributed by atoms with Crippen molar-refractivity contribution in [2.45, 2.75) is 19.9 Å². The molecule has 0 aliphatic carbocycles. The molecule has 3 heteroatoms. The van der Waals surface area contributed by atoms with Crippen molar-refractivity contribution in [1.29, 1.82) is 0 Å². The van der Waals surface area contributed by atoms with Crippen LogP contribution in [0.5, 0.6) is 0 Å². The fraction of sp³-hybridized carbons (Fsp3) is 0.0698. The van der Waals surface area contributed by atoms with E-state index in [4.69, 9.17) is 9.98 Å². The molecule has 8 aromatic rings. The van der Waals surface area contributed by atoms with Gasteiger partial charge in [0.1, 0.15) is 5.84 Å². The summed E-state index contributed by atoms with van der Waals surface area (Å²) in [4.78, 5) is 10.4. The van der Waals surface area contributed by atoms with Crippen molar-refractivity contribution in [2.75, 3.05) is 0 Å². The van der Waals surface area contributed by atoms with Gasteiger partial charge in [0.2, 0.25) is 0 Å². The number of fused-ring (bicyclic) bond motifs is 6. The molecule has 46 heavy (non-hydrogen) atoms. The number of hydrogen-bond acceptors (Lipinski definition) is 1. The third-order valence-corrected chi connectivity index (χ3v) is 8.96. The molecule has 0 spiro atoms. The molecule has 0 amide bonds. The average Bonchev–Trinajstić information content (AvgIpc) is 3.46. The van der Waals surface area contributed by atoms with Gasteiger partial charge in [-0.05, 0) is 76.3 Å². The summed E-state index contributed by atoms with van der Waals surface area (Å²) in [6, 6.07) is 55.9. The second-order valence-corrected chi connectivity index (χ2v) is 11.9. The third-order valence-electron chi connectivity index (χ3n) is 8.96. The zero-order valence-corrected chi connectivity index (χ0v) is 25.9. The largest absolute Gasteiger partial charge is 0.297 e. The Kier molecular flexibility index (Phi) is 7.00. The maximum atomic E-state index is 5.26. The first-order chi connectivity index (χ1) is 22.6. The first kappa shape index (κ1) is 27.7. The number of aromatic nitrogens is 1. The predicted molar refractivity (Wildman–Crippen MR) is 196 cm³/mol. The van der Waals surface area contributed by atoms with E-state index in [9.17, 15) is 0 Å².